The second kappa shape index (κ2) is 4.74. The molecule has 3 N–H and O–H groups in total. The first kappa shape index (κ1) is 11.9. The topological polar surface area (TPSA) is 103 Å². The summed E-state index contributed by atoms with van der Waals surface area (Å²) in [7, 11) is 3.03. The van der Waals surface area contributed by atoms with E-state index in [1.807, 2.05) is 0 Å². The lowest BCUT2D eigenvalue weighted by Gasteiger charge is -2.11. The van der Waals surface area contributed by atoms with Crippen molar-refractivity contribution in [1.29, 1.82) is 0 Å². The van der Waals surface area contributed by atoms with Crippen LogP contribution in [0.5, 0.6) is 11.5 Å². The van der Waals surface area contributed by atoms with Crippen LogP contribution in [0.25, 0.3) is 11.3 Å². The van der Waals surface area contributed by atoms with Crippen molar-refractivity contribution in [2.24, 2.45) is 5.73 Å². The Morgan fingerprint density at radius 3 is 2.67 bits per heavy atom. The quantitative estimate of drug-likeness (QED) is 0.824. The van der Waals surface area contributed by atoms with Crippen LogP contribution in [0.15, 0.2) is 18.2 Å². The number of hydrogen-bond donors (Lipinski definition) is 2. The number of nitrogens with one attached hydrogen (secondary N) is 1. The van der Waals surface area contributed by atoms with Crippen molar-refractivity contribution >= 4 is 5.91 Å². The fourth-order valence-electron chi connectivity index (χ4n) is 1.66. The molecule has 0 aliphatic carbocycles. The summed E-state index contributed by atoms with van der Waals surface area (Å²) in [5.74, 6) is 0.341. The van der Waals surface area contributed by atoms with E-state index in [2.05, 4.69) is 15.4 Å². The Hall–Kier alpha value is -2.57. The van der Waals surface area contributed by atoms with Crippen molar-refractivity contribution in [3.63, 3.8) is 0 Å². The molecular formula is C11H12N4O3. The number of rotatable bonds is 4. The number of aromatic nitrogens is 3. The average molecular weight is 248 g/mol. The molecule has 7 heteroatoms. The lowest BCUT2D eigenvalue weighted by atomic mass is 10.1. The van der Waals surface area contributed by atoms with Crippen LogP contribution in [-0.2, 0) is 0 Å². The van der Waals surface area contributed by atoms with E-state index in [1.165, 1.54) is 14.2 Å². The Bertz CT molecular complexity index is 579. The summed E-state index contributed by atoms with van der Waals surface area (Å²) in [6, 6.07) is 5.24. The molecule has 2 rings (SSSR count). The van der Waals surface area contributed by atoms with Gasteiger partial charge < -0.3 is 15.2 Å². The molecule has 0 atom stereocenters. The predicted octanol–water partition coefficient (Wildman–Crippen LogP) is 0.588. The van der Waals surface area contributed by atoms with Crippen LogP contribution in [-0.4, -0.2) is 35.5 Å². The third kappa shape index (κ3) is 1.86. The van der Waals surface area contributed by atoms with E-state index < -0.39 is 5.91 Å². The number of methoxy groups -OCH3 is 2. The molecule has 7 nitrogen and oxygen atoms in total. The van der Waals surface area contributed by atoms with E-state index in [1.54, 1.807) is 18.2 Å². The second-order valence-electron chi connectivity index (χ2n) is 3.43. The maximum Gasteiger partial charge on any atom is 0.271 e. The van der Waals surface area contributed by atoms with E-state index in [0.29, 0.717) is 22.8 Å². The number of carbonyl (C=O) groups excluding carboxylic acids is 1. The molecule has 1 heterocycles. The summed E-state index contributed by atoms with van der Waals surface area (Å²) in [5, 5.41) is 10.0. The molecule has 18 heavy (non-hydrogen) atoms. The van der Waals surface area contributed by atoms with Crippen molar-refractivity contribution in [3.8, 4) is 22.8 Å². The lowest BCUT2D eigenvalue weighted by Crippen LogP contribution is -2.13. The molecule has 1 aromatic heterocycles. The summed E-state index contributed by atoms with van der Waals surface area (Å²) in [5.41, 5.74) is 6.20. The van der Waals surface area contributed by atoms with Crippen LogP contribution in [0.4, 0.5) is 0 Å². The first-order valence-electron chi connectivity index (χ1n) is 5.11. The number of aromatic amines is 1. The third-order valence-electron chi connectivity index (χ3n) is 2.44. The predicted molar refractivity (Wildman–Crippen MR) is 63.4 cm³/mol. The minimum absolute atomic E-state index is 0.0570. The van der Waals surface area contributed by atoms with Gasteiger partial charge in [-0.15, -0.1) is 0 Å². The highest BCUT2D eigenvalue weighted by Gasteiger charge is 2.20. The van der Waals surface area contributed by atoms with Gasteiger partial charge in [-0.25, -0.2) is 0 Å². The number of H-pyrrole nitrogens is 1. The smallest absolute Gasteiger partial charge is 0.271 e. The molecule has 0 bridgehead atoms. The van der Waals surface area contributed by atoms with Gasteiger partial charge in [0.15, 0.2) is 17.2 Å². The summed E-state index contributed by atoms with van der Waals surface area (Å²) in [4.78, 5) is 11.2. The minimum atomic E-state index is -0.663. The van der Waals surface area contributed by atoms with Gasteiger partial charge in [0, 0.05) is 0 Å². The number of nitrogens with zero attached hydrogens (tertiary/aromatic N) is 2. The molecular weight excluding hydrogens is 236 g/mol. The van der Waals surface area contributed by atoms with Gasteiger partial charge in [0.25, 0.3) is 5.91 Å². The number of ether oxygens (including phenoxy) is 2. The van der Waals surface area contributed by atoms with Gasteiger partial charge in [0.2, 0.25) is 0 Å². The monoisotopic (exact) mass is 248 g/mol. The molecule has 2 aromatic rings. The van der Waals surface area contributed by atoms with Crippen LogP contribution in [0, 0.1) is 0 Å². The Labute approximate surface area is 103 Å². The average Bonchev–Trinajstić information content (AvgIpc) is 2.86. The minimum Gasteiger partial charge on any atom is -0.493 e. The van der Waals surface area contributed by atoms with E-state index in [0.717, 1.165) is 0 Å². The SMILES string of the molecule is COc1cccc(-c2n[nH]nc2C(N)=O)c1OC. The van der Waals surface area contributed by atoms with E-state index in [4.69, 9.17) is 15.2 Å². The molecule has 0 spiro atoms. The van der Waals surface area contributed by atoms with Crippen LogP contribution in [0.3, 0.4) is 0 Å². The second-order valence-corrected chi connectivity index (χ2v) is 3.43. The van der Waals surface area contributed by atoms with E-state index in [-0.39, 0.29) is 5.69 Å². The Morgan fingerprint density at radius 2 is 2.06 bits per heavy atom. The van der Waals surface area contributed by atoms with E-state index >= 15 is 0 Å². The molecule has 0 unspecified atom stereocenters. The molecule has 1 aromatic carbocycles. The maximum absolute atomic E-state index is 11.2. The van der Waals surface area contributed by atoms with Crippen molar-refractivity contribution in [2.75, 3.05) is 14.2 Å². The number of amides is 1. The fourth-order valence-corrected chi connectivity index (χ4v) is 1.66. The van der Waals surface area contributed by atoms with Gasteiger partial charge in [-0.3, -0.25) is 4.79 Å². The van der Waals surface area contributed by atoms with Crippen LogP contribution in [0.2, 0.25) is 0 Å². The number of carbonyl (C=O) groups is 1. The fraction of sp³-hybridized carbons (Fsp3) is 0.182. The third-order valence-corrected chi connectivity index (χ3v) is 2.44. The standard InChI is InChI=1S/C11H12N4O3/c1-17-7-5-3-4-6(10(7)18-2)8-9(11(12)16)14-15-13-8/h3-5H,1-2H3,(H2,12,16)(H,13,14,15). The zero-order chi connectivity index (χ0) is 13.1. The van der Waals surface area contributed by atoms with Gasteiger partial charge in [0.1, 0.15) is 5.69 Å². The molecule has 0 saturated carbocycles. The number of para-hydroxylation sites is 1. The van der Waals surface area contributed by atoms with Gasteiger partial charge in [-0.05, 0) is 12.1 Å². The van der Waals surface area contributed by atoms with E-state index in [9.17, 15) is 4.79 Å². The highest BCUT2D eigenvalue weighted by atomic mass is 16.5. The normalized spacial score (nSPS) is 10.1. The number of primary amides is 1. The zero-order valence-corrected chi connectivity index (χ0v) is 9.93. The zero-order valence-electron chi connectivity index (χ0n) is 9.93. The first-order chi connectivity index (χ1) is 8.69. The molecule has 0 saturated heterocycles. The molecule has 1 amide bonds. The van der Waals surface area contributed by atoms with Gasteiger partial charge >= 0.3 is 0 Å². The molecule has 0 fully saturated rings. The van der Waals surface area contributed by atoms with Gasteiger partial charge in [0.05, 0.1) is 19.8 Å². The van der Waals surface area contributed by atoms with Crippen molar-refractivity contribution in [2.45, 2.75) is 0 Å². The largest absolute Gasteiger partial charge is 0.493 e. The Morgan fingerprint density at radius 1 is 1.28 bits per heavy atom. The molecule has 94 valence electrons. The first-order valence-corrected chi connectivity index (χ1v) is 5.11. The number of nitrogens with two attached hydrogens (primary N) is 1. The van der Waals surface area contributed by atoms with Crippen molar-refractivity contribution in [1.82, 2.24) is 15.4 Å². The van der Waals surface area contributed by atoms with Crippen molar-refractivity contribution in [3.05, 3.63) is 23.9 Å². The summed E-state index contributed by atoms with van der Waals surface area (Å²) < 4.78 is 10.4. The highest BCUT2D eigenvalue weighted by Crippen LogP contribution is 2.37. The molecule has 0 radical (unpaired) electrons. The van der Waals surface area contributed by atoms with Crippen LogP contribution < -0.4 is 15.2 Å². The van der Waals surface area contributed by atoms with Crippen LogP contribution >= 0.6 is 0 Å². The van der Waals surface area contributed by atoms with Gasteiger partial charge in [-0.1, -0.05) is 6.07 Å². The highest BCUT2D eigenvalue weighted by molar-refractivity contribution is 5.97. The molecule has 0 aliphatic rings. The maximum atomic E-state index is 11.2. The van der Waals surface area contributed by atoms with Crippen LogP contribution in [0.1, 0.15) is 10.5 Å². The molecule has 0 aliphatic heterocycles. The Balaban J connectivity index is 2.63. The summed E-state index contributed by atoms with van der Waals surface area (Å²) in [6.07, 6.45) is 0. The van der Waals surface area contributed by atoms with Gasteiger partial charge in [-0.2, -0.15) is 15.4 Å². The lowest BCUT2D eigenvalue weighted by molar-refractivity contribution is 0.0996. The summed E-state index contributed by atoms with van der Waals surface area (Å²) >= 11 is 0. The number of benzene rings is 1. The Kier molecular flexibility index (Phi) is 3.13. The summed E-state index contributed by atoms with van der Waals surface area (Å²) in [6.45, 7) is 0. The number of hydrogen-bond acceptors (Lipinski definition) is 5. The van der Waals surface area contributed by atoms with Crippen molar-refractivity contribution < 1.29 is 14.3 Å².